The number of aryl methyl sites for hydroxylation is 2. The lowest BCUT2D eigenvalue weighted by Crippen LogP contribution is -2.52. The van der Waals surface area contributed by atoms with Gasteiger partial charge in [-0.05, 0) is 67.6 Å². The largest absolute Gasteiger partial charge is 0.497 e. The van der Waals surface area contributed by atoms with E-state index in [1.165, 1.54) is 4.90 Å². The SMILES string of the molecule is CCCNC(=O)[C@H](CC)N(Cc1cccc(OC)c1)C(=O)CN(c1ccc(C)c(C)c1)S(C)(=O)=O. The Hall–Kier alpha value is -3.07. The first-order valence-corrected chi connectivity index (χ1v) is 13.6. The molecule has 0 saturated heterocycles. The predicted molar refractivity (Wildman–Crippen MR) is 139 cm³/mol. The number of benzene rings is 2. The third kappa shape index (κ3) is 7.71. The Balaban J connectivity index is 2.45. The molecule has 0 radical (unpaired) electrons. The van der Waals surface area contributed by atoms with E-state index in [-0.39, 0.29) is 12.5 Å². The average Bonchev–Trinajstić information content (AvgIpc) is 2.82. The highest BCUT2D eigenvalue weighted by molar-refractivity contribution is 7.92. The molecule has 0 fully saturated rings. The fourth-order valence-electron chi connectivity index (χ4n) is 3.75. The number of rotatable bonds is 12. The van der Waals surface area contributed by atoms with Gasteiger partial charge < -0.3 is 15.0 Å². The van der Waals surface area contributed by atoms with E-state index in [1.807, 2.05) is 45.9 Å². The van der Waals surface area contributed by atoms with Crippen molar-refractivity contribution in [1.82, 2.24) is 10.2 Å². The lowest BCUT2D eigenvalue weighted by atomic mass is 10.1. The number of nitrogens with one attached hydrogen (secondary N) is 1. The molecule has 0 heterocycles. The summed E-state index contributed by atoms with van der Waals surface area (Å²) in [5.41, 5.74) is 3.12. The van der Waals surface area contributed by atoms with E-state index in [0.29, 0.717) is 24.4 Å². The highest BCUT2D eigenvalue weighted by Gasteiger charge is 2.31. The van der Waals surface area contributed by atoms with Gasteiger partial charge in [0.05, 0.1) is 19.1 Å². The molecule has 0 bridgehead atoms. The van der Waals surface area contributed by atoms with Gasteiger partial charge in [-0.25, -0.2) is 8.42 Å². The highest BCUT2D eigenvalue weighted by atomic mass is 32.2. The zero-order chi connectivity index (χ0) is 26.2. The molecule has 9 heteroatoms. The third-order valence-electron chi connectivity index (χ3n) is 5.88. The molecule has 0 aromatic heterocycles. The smallest absolute Gasteiger partial charge is 0.244 e. The summed E-state index contributed by atoms with van der Waals surface area (Å²) in [7, 11) is -2.20. The number of sulfonamides is 1. The van der Waals surface area contributed by atoms with Crippen LogP contribution >= 0.6 is 0 Å². The van der Waals surface area contributed by atoms with Crippen LogP contribution in [0.1, 0.15) is 43.4 Å². The maximum absolute atomic E-state index is 13.7. The molecule has 8 nitrogen and oxygen atoms in total. The maximum atomic E-state index is 13.7. The standard InChI is InChI=1S/C26H37N3O5S/c1-7-14-27-26(31)24(8-2)28(17-21-10-9-11-23(16-21)34-5)25(30)18-29(35(6,32)33)22-13-12-19(3)20(4)15-22/h9-13,15-16,24H,7-8,14,17-18H2,1-6H3,(H,27,31)/t24-/m0/s1. The minimum atomic E-state index is -3.76. The Labute approximate surface area is 209 Å². The molecule has 0 aliphatic heterocycles. The van der Waals surface area contributed by atoms with E-state index < -0.39 is 28.5 Å². The fourth-order valence-corrected chi connectivity index (χ4v) is 4.59. The van der Waals surface area contributed by atoms with Crippen LogP contribution < -0.4 is 14.4 Å². The van der Waals surface area contributed by atoms with Crippen molar-refractivity contribution in [1.29, 1.82) is 0 Å². The minimum absolute atomic E-state index is 0.138. The first-order valence-electron chi connectivity index (χ1n) is 11.8. The zero-order valence-corrected chi connectivity index (χ0v) is 22.3. The van der Waals surface area contributed by atoms with E-state index in [9.17, 15) is 18.0 Å². The highest BCUT2D eigenvalue weighted by Crippen LogP contribution is 2.23. The monoisotopic (exact) mass is 503 g/mol. The van der Waals surface area contributed by atoms with Gasteiger partial charge in [-0.1, -0.05) is 32.0 Å². The molecule has 0 saturated carbocycles. The number of carbonyl (C=O) groups excluding carboxylic acids is 2. The van der Waals surface area contributed by atoms with Gasteiger partial charge in [0.1, 0.15) is 18.3 Å². The van der Waals surface area contributed by atoms with Gasteiger partial charge in [-0.15, -0.1) is 0 Å². The molecule has 35 heavy (non-hydrogen) atoms. The number of carbonyl (C=O) groups is 2. The molecule has 0 spiro atoms. The van der Waals surface area contributed by atoms with Gasteiger partial charge in [0.25, 0.3) is 0 Å². The van der Waals surface area contributed by atoms with Crippen molar-refractivity contribution in [2.24, 2.45) is 0 Å². The van der Waals surface area contributed by atoms with Crippen molar-refractivity contribution < 1.29 is 22.7 Å². The lowest BCUT2D eigenvalue weighted by molar-refractivity contribution is -0.140. The maximum Gasteiger partial charge on any atom is 0.244 e. The summed E-state index contributed by atoms with van der Waals surface area (Å²) in [6.45, 7) is 7.83. The van der Waals surface area contributed by atoms with Crippen LogP contribution in [0.25, 0.3) is 0 Å². The van der Waals surface area contributed by atoms with Crippen LogP contribution in [0.3, 0.4) is 0 Å². The minimum Gasteiger partial charge on any atom is -0.497 e. The van der Waals surface area contributed by atoms with E-state index in [2.05, 4.69) is 5.32 Å². The molecule has 0 aliphatic carbocycles. The van der Waals surface area contributed by atoms with Gasteiger partial charge in [-0.2, -0.15) is 0 Å². The number of anilines is 1. The second kappa shape index (κ2) is 12.6. The Morgan fingerprint density at radius 3 is 2.34 bits per heavy atom. The topological polar surface area (TPSA) is 96.0 Å². The van der Waals surface area contributed by atoms with Crippen LogP contribution in [-0.4, -0.2) is 57.6 Å². The van der Waals surface area contributed by atoms with E-state index in [4.69, 9.17) is 4.74 Å². The number of nitrogens with zero attached hydrogens (tertiary/aromatic N) is 2. The number of hydrogen-bond acceptors (Lipinski definition) is 5. The van der Waals surface area contributed by atoms with Gasteiger partial charge >= 0.3 is 0 Å². The normalized spacial score (nSPS) is 12.1. The third-order valence-corrected chi connectivity index (χ3v) is 7.02. The van der Waals surface area contributed by atoms with Crippen LogP contribution in [0, 0.1) is 13.8 Å². The number of methoxy groups -OCH3 is 1. The quantitative estimate of drug-likeness (QED) is 0.479. The van der Waals surface area contributed by atoms with Crippen molar-refractivity contribution in [2.75, 3.05) is 30.8 Å². The van der Waals surface area contributed by atoms with E-state index in [0.717, 1.165) is 33.7 Å². The van der Waals surface area contributed by atoms with Crippen LogP contribution in [-0.2, 0) is 26.2 Å². The number of amides is 2. The first kappa shape index (κ1) is 28.2. The summed E-state index contributed by atoms with van der Waals surface area (Å²) in [6, 6.07) is 11.8. The molecule has 1 atom stereocenters. The molecular formula is C26H37N3O5S. The van der Waals surface area contributed by atoms with Gasteiger partial charge in [-0.3, -0.25) is 13.9 Å². The average molecular weight is 504 g/mol. The fraction of sp³-hybridized carbons (Fsp3) is 0.462. The van der Waals surface area contributed by atoms with Gasteiger partial charge in [0, 0.05) is 13.1 Å². The van der Waals surface area contributed by atoms with Crippen molar-refractivity contribution in [3.8, 4) is 5.75 Å². The predicted octanol–water partition coefficient (Wildman–Crippen LogP) is 3.41. The van der Waals surface area contributed by atoms with Crippen LogP contribution in [0.4, 0.5) is 5.69 Å². The van der Waals surface area contributed by atoms with Crippen LogP contribution in [0.2, 0.25) is 0 Å². The molecule has 192 valence electrons. The van der Waals surface area contributed by atoms with Crippen LogP contribution in [0.5, 0.6) is 5.75 Å². The molecular weight excluding hydrogens is 466 g/mol. The zero-order valence-electron chi connectivity index (χ0n) is 21.5. The summed E-state index contributed by atoms with van der Waals surface area (Å²) in [6.07, 6.45) is 2.22. The van der Waals surface area contributed by atoms with E-state index >= 15 is 0 Å². The van der Waals surface area contributed by atoms with Crippen molar-refractivity contribution in [3.63, 3.8) is 0 Å². The van der Waals surface area contributed by atoms with Gasteiger partial charge in [0.15, 0.2) is 0 Å². The molecule has 0 unspecified atom stereocenters. The van der Waals surface area contributed by atoms with Crippen LogP contribution in [0.15, 0.2) is 42.5 Å². The summed E-state index contributed by atoms with van der Waals surface area (Å²) in [4.78, 5) is 28.1. The molecule has 2 amide bonds. The molecule has 1 N–H and O–H groups in total. The molecule has 2 aromatic carbocycles. The summed E-state index contributed by atoms with van der Waals surface area (Å²) in [5.74, 6) is -0.0936. The van der Waals surface area contributed by atoms with E-state index in [1.54, 1.807) is 31.4 Å². The first-order chi connectivity index (χ1) is 16.5. The Bertz CT molecular complexity index is 1130. The lowest BCUT2D eigenvalue weighted by Gasteiger charge is -2.33. The molecule has 0 aliphatic rings. The Kier molecular flexibility index (Phi) is 10.1. The van der Waals surface area contributed by atoms with Crippen molar-refractivity contribution in [2.45, 2.75) is 53.1 Å². The second-order valence-electron chi connectivity index (χ2n) is 8.63. The summed E-state index contributed by atoms with van der Waals surface area (Å²) in [5, 5.41) is 2.87. The second-order valence-corrected chi connectivity index (χ2v) is 10.5. The Morgan fingerprint density at radius 1 is 1.06 bits per heavy atom. The van der Waals surface area contributed by atoms with Gasteiger partial charge in [0.2, 0.25) is 21.8 Å². The van der Waals surface area contributed by atoms with Crippen molar-refractivity contribution >= 4 is 27.5 Å². The molecule has 2 aromatic rings. The summed E-state index contributed by atoms with van der Waals surface area (Å²) < 4.78 is 31.8. The van der Waals surface area contributed by atoms with Crippen molar-refractivity contribution in [3.05, 3.63) is 59.2 Å². The number of hydrogen-bond donors (Lipinski definition) is 1. The molecule has 2 rings (SSSR count). The Morgan fingerprint density at radius 2 is 1.77 bits per heavy atom. The summed E-state index contributed by atoms with van der Waals surface area (Å²) >= 11 is 0. The number of ether oxygens (including phenoxy) is 1.